The van der Waals surface area contributed by atoms with Gasteiger partial charge in [-0.3, -0.25) is 4.79 Å². The van der Waals surface area contributed by atoms with E-state index in [1.54, 1.807) is 20.0 Å². The molecule has 0 saturated carbocycles. The Balaban J connectivity index is 2.15. The summed E-state index contributed by atoms with van der Waals surface area (Å²) in [7, 11) is 1.55. The fourth-order valence-corrected chi connectivity index (χ4v) is 1.79. The lowest BCUT2D eigenvalue weighted by atomic mass is 10.1. The van der Waals surface area contributed by atoms with Crippen molar-refractivity contribution in [1.29, 1.82) is 0 Å². The van der Waals surface area contributed by atoms with E-state index in [9.17, 15) is 13.6 Å². The van der Waals surface area contributed by atoms with Gasteiger partial charge in [-0.05, 0) is 19.1 Å². The van der Waals surface area contributed by atoms with Crippen LogP contribution in [-0.4, -0.2) is 17.9 Å². The van der Waals surface area contributed by atoms with Crippen LogP contribution in [0, 0.1) is 18.6 Å². The number of rotatable bonds is 3. The summed E-state index contributed by atoms with van der Waals surface area (Å²) in [6, 6.07) is 4.86. The first-order valence-corrected chi connectivity index (χ1v) is 5.72. The van der Waals surface area contributed by atoms with Gasteiger partial charge in [0.2, 0.25) is 0 Å². The first kappa shape index (κ1) is 13.3. The molecule has 3 nitrogen and oxygen atoms in total. The molecule has 0 aliphatic carbocycles. The van der Waals surface area contributed by atoms with Crippen LogP contribution >= 0.6 is 0 Å². The van der Waals surface area contributed by atoms with Gasteiger partial charge in [-0.25, -0.2) is 8.78 Å². The second kappa shape index (κ2) is 5.22. The van der Waals surface area contributed by atoms with E-state index in [2.05, 4.69) is 0 Å². The number of benzene rings is 1. The third kappa shape index (κ3) is 2.81. The standard InChI is InChI=1S/C14H13F2NO2/c1-9-12(5-6-19-9)14(18)17(2)8-10-3-4-11(15)7-13(10)16/h3-7H,8H2,1-2H3. The molecule has 1 heterocycles. The molecule has 100 valence electrons. The molecule has 19 heavy (non-hydrogen) atoms. The van der Waals surface area contributed by atoms with Crippen molar-refractivity contribution in [3.05, 3.63) is 59.1 Å². The summed E-state index contributed by atoms with van der Waals surface area (Å²) in [6.07, 6.45) is 1.43. The molecule has 0 aliphatic rings. The van der Waals surface area contributed by atoms with Gasteiger partial charge in [-0.1, -0.05) is 6.07 Å². The number of carbonyl (C=O) groups excluding carboxylic acids is 1. The Bertz CT molecular complexity index is 607. The number of carbonyl (C=O) groups is 1. The average molecular weight is 265 g/mol. The second-order valence-corrected chi connectivity index (χ2v) is 4.29. The van der Waals surface area contributed by atoms with Gasteiger partial charge in [-0.2, -0.15) is 0 Å². The van der Waals surface area contributed by atoms with Crippen molar-refractivity contribution in [1.82, 2.24) is 4.90 Å². The predicted molar refractivity (Wildman–Crippen MR) is 65.6 cm³/mol. The molecule has 1 amide bonds. The van der Waals surface area contributed by atoms with Crippen molar-refractivity contribution < 1.29 is 18.0 Å². The summed E-state index contributed by atoms with van der Waals surface area (Å²) < 4.78 is 31.3. The molecule has 1 aromatic carbocycles. The molecule has 0 bridgehead atoms. The molecule has 0 fully saturated rings. The third-order valence-electron chi connectivity index (χ3n) is 2.86. The van der Waals surface area contributed by atoms with Gasteiger partial charge in [-0.15, -0.1) is 0 Å². The molecule has 0 N–H and O–H groups in total. The van der Waals surface area contributed by atoms with E-state index in [0.29, 0.717) is 11.3 Å². The highest BCUT2D eigenvalue weighted by Gasteiger charge is 2.17. The fourth-order valence-electron chi connectivity index (χ4n) is 1.79. The summed E-state index contributed by atoms with van der Waals surface area (Å²) >= 11 is 0. The Kier molecular flexibility index (Phi) is 3.64. The van der Waals surface area contributed by atoms with Gasteiger partial charge in [0.15, 0.2) is 0 Å². The van der Waals surface area contributed by atoms with Gasteiger partial charge < -0.3 is 9.32 Å². The van der Waals surface area contributed by atoms with Crippen LogP contribution in [0.4, 0.5) is 8.78 Å². The van der Waals surface area contributed by atoms with E-state index >= 15 is 0 Å². The van der Waals surface area contributed by atoms with Crippen molar-refractivity contribution in [2.75, 3.05) is 7.05 Å². The first-order chi connectivity index (χ1) is 8.99. The summed E-state index contributed by atoms with van der Waals surface area (Å²) in [4.78, 5) is 13.4. The molecular weight excluding hydrogens is 252 g/mol. The predicted octanol–water partition coefficient (Wildman–Crippen LogP) is 3.14. The van der Waals surface area contributed by atoms with E-state index < -0.39 is 11.6 Å². The zero-order valence-corrected chi connectivity index (χ0v) is 10.6. The van der Waals surface area contributed by atoms with Crippen molar-refractivity contribution in [2.24, 2.45) is 0 Å². The van der Waals surface area contributed by atoms with Crippen LogP contribution in [-0.2, 0) is 6.54 Å². The normalized spacial score (nSPS) is 10.5. The van der Waals surface area contributed by atoms with E-state index in [-0.39, 0.29) is 18.0 Å². The van der Waals surface area contributed by atoms with Gasteiger partial charge in [0.25, 0.3) is 5.91 Å². The Morgan fingerprint density at radius 3 is 2.63 bits per heavy atom. The highest BCUT2D eigenvalue weighted by Crippen LogP contribution is 2.15. The molecule has 0 unspecified atom stereocenters. The summed E-state index contributed by atoms with van der Waals surface area (Å²) in [6.45, 7) is 1.75. The van der Waals surface area contributed by atoms with Gasteiger partial charge in [0.1, 0.15) is 17.4 Å². The average Bonchev–Trinajstić information content (AvgIpc) is 2.78. The van der Waals surface area contributed by atoms with E-state index in [1.165, 1.54) is 23.3 Å². The Labute approximate surface area is 109 Å². The van der Waals surface area contributed by atoms with Crippen molar-refractivity contribution in [3.63, 3.8) is 0 Å². The zero-order valence-electron chi connectivity index (χ0n) is 10.6. The summed E-state index contributed by atoms with van der Waals surface area (Å²) in [5, 5.41) is 0. The second-order valence-electron chi connectivity index (χ2n) is 4.29. The minimum absolute atomic E-state index is 0.0650. The Morgan fingerprint density at radius 1 is 1.32 bits per heavy atom. The van der Waals surface area contributed by atoms with Crippen LogP contribution in [0.5, 0.6) is 0 Å². The Morgan fingerprint density at radius 2 is 2.05 bits per heavy atom. The molecule has 5 heteroatoms. The maximum absolute atomic E-state index is 13.5. The van der Waals surface area contributed by atoms with Crippen molar-refractivity contribution in [3.8, 4) is 0 Å². The van der Waals surface area contributed by atoms with Crippen molar-refractivity contribution in [2.45, 2.75) is 13.5 Å². The zero-order chi connectivity index (χ0) is 14.0. The molecule has 0 spiro atoms. The molecule has 0 saturated heterocycles. The van der Waals surface area contributed by atoms with Crippen LogP contribution in [0.25, 0.3) is 0 Å². The van der Waals surface area contributed by atoms with E-state index in [1.807, 2.05) is 0 Å². The monoisotopic (exact) mass is 265 g/mol. The number of furan rings is 1. The van der Waals surface area contributed by atoms with E-state index in [4.69, 9.17) is 4.42 Å². The largest absolute Gasteiger partial charge is 0.469 e. The number of hydrogen-bond donors (Lipinski definition) is 0. The van der Waals surface area contributed by atoms with Crippen LogP contribution in [0.1, 0.15) is 21.7 Å². The molecule has 0 radical (unpaired) electrons. The number of amides is 1. The van der Waals surface area contributed by atoms with Crippen LogP contribution < -0.4 is 0 Å². The molecule has 2 rings (SSSR count). The van der Waals surface area contributed by atoms with Crippen LogP contribution in [0.3, 0.4) is 0 Å². The van der Waals surface area contributed by atoms with Gasteiger partial charge in [0.05, 0.1) is 11.8 Å². The molecule has 1 aromatic heterocycles. The lowest BCUT2D eigenvalue weighted by Gasteiger charge is -2.17. The quantitative estimate of drug-likeness (QED) is 0.854. The van der Waals surface area contributed by atoms with Gasteiger partial charge >= 0.3 is 0 Å². The third-order valence-corrected chi connectivity index (χ3v) is 2.86. The Hall–Kier alpha value is -2.17. The van der Waals surface area contributed by atoms with Gasteiger partial charge in [0, 0.05) is 25.2 Å². The summed E-state index contributed by atoms with van der Waals surface area (Å²) in [5.41, 5.74) is 0.698. The van der Waals surface area contributed by atoms with Crippen molar-refractivity contribution >= 4 is 5.91 Å². The number of nitrogens with zero attached hydrogens (tertiary/aromatic N) is 1. The van der Waals surface area contributed by atoms with E-state index in [0.717, 1.165) is 6.07 Å². The SMILES string of the molecule is Cc1occc1C(=O)N(C)Cc1ccc(F)cc1F. The molecule has 2 aromatic rings. The lowest BCUT2D eigenvalue weighted by molar-refractivity contribution is 0.0782. The number of halogens is 2. The molecule has 0 aliphatic heterocycles. The molecular formula is C14H13F2NO2. The first-order valence-electron chi connectivity index (χ1n) is 5.72. The topological polar surface area (TPSA) is 33.5 Å². The minimum atomic E-state index is -0.663. The van der Waals surface area contributed by atoms with Crippen LogP contribution in [0.15, 0.2) is 34.9 Å². The smallest absolute Gasteiger partial charge is 0.257 e. The fraction of sp³-hybridized carbons (Fsp3) is 0.214. The maximum atomic E-state index is 13.5. The number of hydrogen-bond acceptors (Lipinski definition) is 2. The maximum Gasteiger partial charge on any atom is 0.257 e. The lowest BCUT2D eigenvalue weighted by Crippen LogP contribution is -2.26. The highest BCUT2D eigenvalue weighted by molar-refractivity contribution is 5.94. The minimum Gasteiger partial charge on any atom is -0.469 e. The highest BCUT2D eigenvalue weighted by atomic mass is 19.1. The molecule has 0 atom stereocenters. The summed E-state index contributed by atoms with van der Waals surface area (Å²) in [5.74, 6) is -1.06. The van der Waals surface area contributed by atoms with Crippen LogP contribution in [0.2, 0.25) is 0 Å². The number of aryl methyl sites for hydroxylation is 1.